The highest BCUT2D eigenvalue weighted by Crippen LogP contribution is 2.24. The molecule has 0 radical (unpaired) electrons. The van der Waals surface area contributed by atoms with E-state index in [9.17, 15) is 13.2 Å². The molecule has 0 aromatic heterocycles. The van der Waals surface area contributed by atoms with Crippen LogP contribution in [0.5, 0.6) is 0 Å². The van der Waals surface area contributed by atoms with Gasteiger partial charge in [0, 0.05) is 31.2 Å². The predicted molar refractivity (Wildman–Crippen MR) is 57.2 cm³/mol. The highest BCUT2D eigenvalue weighted by molar-refractivity contribution is 4.99. The van der Waals surface area contributed by atoms with Crippen LogP contribution in [0.4, 0.5) is 13.2 Å². The summed E-state index contributed by atoms with van der Waals surface area (Å²) in [6, 6.07) is 0.348. The van der Waals surface area contributed by atoms with Crippen molar-refractivity contribution in [3.8, 4) is 0 Å². The normalized spacial score (nSPS) is 27.9. The Bertz CT molecular complexity index is 230. The lowest BCUT2D eigenvalue weighted by Crippen LogP contribution is -2.55. The number of rotatable bonds is 4. The molecule has 1 aliphatic heterocycles. The van der Waals surface area contributed by atoms with Gasteiger partial charge in [-0.05, 0) is 20.3 Å². The SMILES string of the molecule is CC(C)N1CCC(CN)(NCC(F)(F)F)C1. The lowest BCUT2D eigenvalue weighted by Gasteiger charge is -2.31. The number of nitrogens with one attached hydrogen (secondary N) is 1. The van der Waals surface area contributed by atoms with Crippen molar-refractivity contribution < 1.29 is 13.2 Å². The Morgan fingerprint density at radius 2 is 2.06 bits per heavy atom. The average molecular weight is 239 g/mol. The van der Waals surface area contributed by atoms with Gasteiger partial charge in [0.05, 0.1) is 6.54 Å². The Morgan fingerprint density at radius 1 is 1.44 bits per heavy atom. The number of hydrogen-bond donors (Lipinski definition) is 2. The van der Waals surface area contributed by atoms with E-state index < -0.39 is 18.3 Å². The van der Waals surface area contributed by atoms with Gasteiger partial charge in [0.15, 0.2) is 0 Å². The Morgan fingerprint density at radius 3 is 2.44 bits per heavy atom. The predicted octanol–water partition coefficient (Wildman–Crippen LogP) is 0.950. The minimum absolute atomic E-state index is 0.242. The molecule has 0 aromatic rings. The van der Waals surface area contributed by atoms with E-state index in [0.29, 0.717) is 19.0 Å². The van der Waals surface area contributed by atoms with Gasteiger partial charge in [-0.2, -0.15) is 13.2 Å². The van der Waals surface area contributed by atoms with Crippen molar-refractivity contribution >= 4 is 0 Å². The van der Waals surface area contributed by atoms with Crippen LogP contribution in [-0.4, -0.2) is 48.8 Å². The minimum atomic E-state index is -4.17. The van der Waals surface area contributed by atoms with Gasteiger partial charge in [0.1, 0.15) is 0 Å². The van der Waals surface area contributed by atoms with Crippen LogP contribution in [0.3, 0.4) is 0 Å². The molecule has 1 unspecified atom stereocenters. The number of alkyl halides is 3. The first-order valence-electron chi connectivity index (χ1n) is 5.54. The summed E-state index contributed by atoms with van der Waals surface area (Å²) in [6.45, 7) is 4.76. The molecule has 1 fully saturated rings. The van der Waals surface area contributed by atoms with E-state index in [-0.39, 0.29) is 6.54 Å². The van der Waals surface area contributed by atoms with Crippen LogP contribution in [0.15, 0.2) is 0 Å². The summed E-state index contributed by atoms with van der Waals surface area (Å²) >= 11 is 0. The summed E-state index contributed by atoms with van der Waals surface area (Å²) in [5.41, 5.74) is 5.03. The maximum atomic E-state index is 12.2. The largest absolute Gasteiger partial charge is 0.401 e. The van der Waals surface area contributed by atoms with Gasteiger partial charge >= 0.3 is 6.18 Å². The van der Waals surface area contributed by atoms with Crippen LogP contribution in [0.2, 0.25) is 0 Å². The van der Waals surface area contributed by atoms with Gasteiger partial charge < -0.3 is 11.1 Å². The number of nitrogens with two attached hydrogens (primary N) is 1. The van der Waals surface area contributed by atoms with Crippen LogP contribution in [0.1, 0.15) is 20.3 Å². The monoisotopic (exact) mass is 239 g/mol. The number of nitrogens with zero attached hydrogens (tertiary/aromatic N) is 1. The molecule has 3 nitrogen and oxygen atoms in total. The van der Waals surface area contributed by atoms with Crippen molar-refractivity contribution in [3.05, 3.63) is 0 Å². The van der Waals surface area contributed by atoms with Crippen molar-refractivity contribution in [3.63, 3.8) is 0 Å². The van der Waals surface area contributed by atoms with Gasteiger partial charge in [-0.25, -0.2) is 0 Å². The number of likely N-dealkylation sites (tertiary alicyclic amines) is 1. The van der Waals surface area contributed by atoms with Crippen molar-refractivity contribution in [1.29, 1.82) is 0 Å². The molecule has 0 aliphatic carbocycles. The summed E-state index contributed by atoms with van der Waals surface area (Å²) in [7, 11) is 0. The number of hydrogen-bond acceptors (Lipinski definition) is 3. The van der Waals surface area contributed by atoms with Crippen LogP contribution < -0.4 is 11.1 Å². The second-order valence-corrected chi connectivity index (χ2v) is 4.77. The van der Waals surface area contributed by atoms with E-state index in [0.717, 1.165) is 6.54 Å². The lowest BCUT2D eigenvalue weighted by molar-refractivity contribution is -0.128. The maximum absolute atomic E-state index is 12.2. The first-order valence-corrected chi connectivity index (χ1v) is 5.54. The Kier molecular flexibility index (Phi) is 4.20. The molecule has 96 valence electrons. The van der Waals surface area contributed by atoms with Crippen LogP contribution >= 0.6 is 0 Å². The molecule has 1 saturated heterocycles. The Hall–Kier alpha value is -0.330. The molecular formula is C10H20F3N3. The Balaban J connectivity index is 2.53. The van der Waals surface area contributed by atoms with E-state index >= 15 is 0 Å². The molecule has 1 rings (SSSR count). The zero-order valence-corrected chi connectivity index (χ0v) is 9.77. The summed E-state index contributed by atoms with van der Waals surface area (Å²) in [5, 5.41) is 2.58. The smallest absolute Gasteiger partial charge is 0.329 e. The van der Waals surface area contributed by atoms with E-state index in [2.05, 4.69) is 10.2 Å². The van der Waals surface area contributed by atoms with Crippen molar-refractivity contribution in [1.82, 2.24) is 10.2 Å². The molecule has 16 heavy (non-hydrogen) atoms. The Labute approximate surface area is 94.2 Å². The topological polar surface area (TPSA) is 41.3 Å². The van der Waals surface area contributed by atoms with Gasteiger partial charge in [-0.1, -0.05) is 0 Å². The first-order chi connectivity index (χ1) is 7.28. The summed E-state index contributed by atoms with van der Waals surface area (Å²) in [5.74, 6) is 0. The van der Waals surface area contributed by atoms with Crippen LogP contribution in [-0.2, 0) is 0 Å². The van der Waals surface area contributed by atoms with E-state index in [4.69, 9.17) is 5.73 Å². The molecule has 3 N–H and O–H groups in total. The van der Waals surface area contributed by atoms with Crippen LogP contribution in [0, 0.1) is 0 Å². The zero-order chi connectivity index (χ0) is 12.4. The second-order valence-electron chi connectivity index (χ2n) is 4.77. The van der Waals surface area contributed by atoms with Crippen molar-refractivity contribution in [2.75, 3.05) is 26.2 Å². The van der Waals surface area contributed by atoms with Crippen molar-refractivity contribution in [2.24, 2.45) is 5.73 Å². The maximum Gasteiger partial charge on any atom is 0.401 e. The molecular weight excluding hydrogens is 219 g/mol. The third kappa shape index (κ3) is 3.61. The van der Waals surface area contributed by atoms with E-state index in [1.165, 1.54) is 0 Å². The molecule has 1 heterocycles. The molecule has 0 amide bonds. The molecule has 0 bridgehead atoms. The number of halogens is 3. The van der Waals surface area contributed by atoms with Crippen molar-refractivity contribution in [2.45, 2.75) is 38.0 Å². The molecule has 0 spiro atoms. The fourth-order valence-electron chi connectivity index (χ4n) is 2.02. The highest BCUT2D eigenvalue weighted by atomic mass is 19.4. The minimum Gasteiger partial charge on any atom is -0.329 e. The fourth-order valence-corrected chi connectivity index (χ4v) is 2.02. The lowest BCUT2D eigenvalue weighted by atomic mass is 9.99. The molecule has 1 atom stereocenters. The second kappa shape index (κ2) is 4.89. The van der Waals surface area contributed by atoms with Gasteiger partial charge in [0.2, 0.25) is 0 Å². The van der Waals surface area contributed by atoms with Gasteiger partial charge in [-0.15, -0.1) is 0 Å². The molecule has 6 heteroatoms. The highest BCUT2D eigenvalue weighted by Gasteiger charge is 2.40. The summed E-state index contributed by atoms with van der Waals surface area (Å²) in [4.78, 5) is 2.15. The molecule has 0 saturated carbocycles. The van der Waals surface area contributed by atoms with E-state index in [1.54, 1.807) is 0 Å². The van der Waals surface area contributed by atoms with E-state index in [1.807, 2.05) is 13.8 Å². The zero-order valence-electron chi connectivity index (χ0n) is 9.77. The van der Waals surface area contributed by atoms with Gasteiger partial charge in [-0.3, -0.25) is 4.90 Å². The quantitative estimate of drug-likeness (QED) is 0.767. The molecule has 1 aliphatic rings. The first kappa shape index (κ1) is 13.7. The summed E-state index contributed by atoms with van der Waals surface area (Å²) in [6.07, 6.45) is -3.49. The van der Waals surface area contributed by atoms with Crippen LogP contribution in [0.25, 0.3) is 0 Å². The standard InChI is InChI=1S/C10H20F3N3/c1-8(2)16-4-3-9(5-14,7-16)15-6-10(11,12)13/h8,15H,3-7,14H2,1-2H3. The third-order valence-corrected chi connectivity index (χ3v) is 3.17. The fraction of sp³-hybridized carbons (Fsp3) is 1.00. The average Bonchev–Trinajstić information content (AvgIpc) is 2.59. The summed E-state index contributed by atoms with van der Waals surface area (Å²) < 4.78 is 36.5. The third-order valence-electron chi connectivity index (χ3n) is 3.17. The molecule has 0 aromatic carbocycles. The van der Waals surface area contributed by atoms with Gasteiger partial charge in [0.25, 0.3) is 0 Å².